The molecule has 0 unspecified atom stereocenters. The molecule has 0 amide bonds. The largest absolute Gasteiger partial charge is 0.0696 e. The molecule has 0 aromatic heterocycles. The number of allylic oxidation sites excluding steroid dienone is 1. The fourth-order valence-corrected chi connectivity index (χ4v) is 2.49. The van der Waals surface area contributed by atoms with Crippen molar-refractivity contribution in [3.05, 3.63) is 39.9 Å². The van der Waals surface area contributed by atoms with Gasteiger partial charge in [0.15, 0.2) is 0 Å². The summed E-state index contributed by atoms with van der Waals surface area (Å²) in [6.45, 7) is 2.36. The summed E-state index contributed by atoms with van der Waals surface area (Å²) in [7, 11) is 0. The third kappa shape index (κ3) is 2.94. The van der Waals surface area contributed by atoms with Crippen LogP contribution in [0.3, 0.4) is 0 Å². The standard InChI is InChI=1S/C14H17Br/c1-11-6-8-12(9-7-11)10-13-4-2-3-5-14(13)15/h2-5,10-11H,6-9H2,1H3. The molecule has 0 aliphatic heterocycles. The fourth-order valence-electron chi connectivity index (χ4n) is 2.09. The highest BCUT2D eigenvalue weighted by Gasteiger charge is 2.12. The first-order valence-electron chi connectivity index (χ1n) is 5.69. The van der Waals surface area contributed by atoms with Crippen molar-refractivity contribution in [1.82, 2.24) is 0 Å². The lowest BCUT2D eigenvalue weighted by molar-refractivity contribution is 0.446. The van der Waals surface area contributed by atoms with Crippen molar-refractivity contribution in [2.75, 3.05) is 0 Å². The number of benzene rings is 1. The average molecular weight is 265 g/mol. The lowest BCUT2D eigenvalue weighted by Crippen LogP contribution is -2.03. The second-order valence-electron chi connectivity index (χ2n) is 4.51. The molecule has 15 heavy (non-hydrogen) atoms. The topological polar surface area (TPSA) is 0 Å². The van der Waals surface area contributed by atoms with Crippen LogP contribution in [0.4, 0.5) is 0 Å². The highest BCUT2D eigenvalue weighted by molar-refractivity contribution is 9.10. The zero-order chi connectivity index (χ0) is 10.7. The van der Waals surface area contributed by atoms with Gasteiger partial charge >= 0.3 is 0 Å². The molecule has 0 N–H and O–H groups in total. The Morgan fingerprint density at radius 2 is 1.87 bits per heavy atom. The minimum Gasteiger partial charge on any atom is -0.0696 e. The van der Waals surface area contributed by atoms with Crippen molar-refractivity contribution in [2.24, 2.45) is 5.92 Å². The molecule has 2 rings (SSSR count). The van der Waals surface area contributed by atoms with Gasteiger partial charge in [0.05, 0.1) is 0 Å². The van der Waals surface area contributed by atoms with Crippen molar-refractivity contribution < 1.29 is 0 Å². The summed E-state index contributed by atoms with van der Waals surface area (Å²) in [5, 5.41) is 0. The van der Waals surface area contributed by atoms with Crippen molar-refractivity contribution in [2.45, 2.75) is 32.6 Å². The Labute approximate surface area is 101 Å². The molecule has 0 spiro atoms. The van der Waals surface area contributed by atoms with Crippen LogP contribution in [0.25, 0.3) is 6.08 Å². The third-order valence-electron chi connectivity index (χ3n) is 3.18. The Morgan fingerprint density at radius 1 is 1.20 bits per heavy atom. The Bertz CT molecular complexity index is 355. The SMILES string of the molecule is CC1CCC(=Cc2ccccc2Br)CC1. The number of halogens is 1. The summed E-state index contributed by atoms with van der Waals surface area (Å²) in [4.78, 5) is 0. The van der Waals surface area contributed by atoms with Gasteiger partial charge in [-0.25, -0.2) is 0 Å². The molecule has 1 aromatic carbocycles. The van der Waals surface area contributed by atoms with Gasteiger partial charge in [-0.1, -0.05) is 52.7 Å². The number of hydrogen-bond acceptors (Lipinski definition) is 0. The van der Waals surface area contributed by atoms with E-state index in [1.165, 1.54) is 35.7 Å². The smallest absolute Gasteiger partial charge is 0.0247 e. The number of rotatable bonds is 1. The lowest BCUT2D eigenvalue weighted by atomic mass is 9.86. The first-order chi connectivity index (χ1) is 7.25. The predicted octanol–water partition coefficient (Wildman–Crippen LogP) is 5.04. The Kier molecular flexibility index (Phi) is 3.63. The summed E-state index contributed by atoms with van der Waals surface area (Å²) < 4.78 is 1.20. The van der Waals surface area contributed by atoms with Gasteiger partial charge in [0.1, 0.15) is 0 Å². The summed E-state index contributed by atoms with van der Waals surface area (Å²) in [6, 6.07) is 8.45. The molecule has 1 fully saturated rings. The Balaban J connectivity index is 2.13. The van der Waals surface area contributed by atoms with Gasteiger partial charge in [-0.3, -0.25) is 0 Å². The van der Waals surface area contributed by atoms with E-state index < -0.39 is 0 Å². The molecule has 0 atom stereocenters. The van der Waals surface area contributed by atoms with Gasteiger partial charge in [0, 0.05) is 4.47 Å². The van der Waals surface area contributed by atoms with E-state index in [4.69, 9.17) is 0 Å². The van der Waals surface area contributed by atoms with E-state index in [0.29, 0.717) is 0 Å². The van der Waals surface area contributed by atoms with Crippen LogP contribution in [0, 0.1) is 5.92 Å². The molecular formula is C14H17Br. The molecule has 1 aliphatic rings. The van der Waals surface area contributed by atoms with Crippen molar-refractivity contribution in [3.63, 3.8) is 0 Å². The van der Waals surface area contributed by atoms with Gasteiger partial charge in [0.2, 0.25) is 0 Å². The molecule has 80 valence electrons. The molecule has 1 saturated carbocycles. The first kappa shape index (κ1) is 10.9. The minimum absolute atomic E-state index is 0.918. The summed E-state index contributed by atoms with van der Waals surface area (Å²) >= 11 is 3.59. The van der Waals surface area contributed by atoms with E-state index in [9.17, 15) is 0 Å². The fraction of sp³-hybridized carbons (Fsp3) is 0.429. The van der Waals surface area contributed by atoms with E-state index in [1.54, 1.807) is 5.57 Å². The molecule has 1 heteroatoms. The first-order valence-corrected chi connectivity index (χ1v) is 6.49. The van der Waals surface area contributed by atoms with Crippen LogP contribution in [-0.2, 0) is 0 Å². The van der Waals surface area contributed by atoms with Crippen LogP contribution in [0.2, 0.25) is 0 Å². The van der Waals surface area contributed by atoms with Crippen LogP contribution in [0.5, 0.6) is 0 Å². The van der Waals surface area contributed by atoms with Crippen molar-refractivity contribution >= 4 is 22.0 Å². The molecule has 1 aromatic rings. The minimum atomic E-state index is 0.918. The third-order valence-corrected chi connectivity index (χ3v) is 3.90. The number of hydrogen-bond donors (Lipinski definition) is 0. The van der Waals surface area contributed by atoms with Gasteiger partial charge in [-0.05, 0) is 43.2 Å². The summed E-state index contributed by atoms with van der Waals surface area (Å²) in [5.41, 5.74) is 2.93. The summed E-state index contributed by atoms with van der Waals surface area (Å²) in [6.07, 6.45) is 7.63. The predicted molar refractivity (Wildman–Crippen MR) is 69.8 cm³/mol. The van der Waals surface area contributed by atoms with E-state index in [2.05, 4.69) is 53.2 Å². The van der Waals surface area contributed by atoms with Gasteiger partial charge in [-0.15, -0.1) is 0 Å². The van der Waals surface area contributed by atoms with E-state index in [-0.39, 0.29) is 0 Å². The maximum atomic E-state index is 3.59. The van der Waals surface area contributed by atoms with Crippen LogP contribution >= 0.6 is 15.9 Å². The highest BCUT2D eigenvalue weighted by atomic mass is 79.9. The van der Waals surface area contributed by atoms with Crippen LogP contribution in [0.15, 0.2) is 34.3 Å². The average Bonchev–Trinajstić information content (AvgIpc) is 2.25. The second-order valence-corrected chi connectivity index (χ2v) is 5.36. The maximum Gasteiger partial charge on any atom is 0.0247 e. The van der Waals surface area contributed by atoms with E-state index >= 15 is 0 Å². The lowest BCUT2D eigenvalue weighted by Gasteiger charge is -2.20. The Morgan fingerprint density at radius 3 is 2.53 bits per heavy atom. The van der Waals surface area contributed by atoms with Gasteiger partial charge in [0.25, 0.3) is 0 Å². The molecule has 0 heterocycles. The van der Waals surface area contributed by atoms with Gasteiger partial charge in [-0.2, -0.15) is 0 Å². The van der Waals surface area contributed by atoms with E-state index in [0.717, 1.165) is 5.92 Å². The van der Waals surface area contributed by atoms with Crippen LogP contribution in [-0.4, -0.2) is 0 Å². The van der Waals surface area contributed by atoms with Crippen LogP contribution < -0.4 is 0 Å². The monoisotopic (exact) mass is 264 g/mol. The summed E-state index contributed by atoms with van der Waals surface area (Å²) in [5.74, 6) is 0.918. The highest BCUT2D eigenvalue weighted by Crippen LogP contribution is 2.30. The van der Waals surface area contributed by atoms with E-state index in [1.807, 2.05) is 0 Å². The normalized spacial score (nSPS) is 21.5. The van der Waals surface area contributed by atoms with Crippen molar-refractivity contribution in [1.29, 1.82) is 0 Å². The molecular weight excluding hydrogens is 248 g/mol. The van der Waals surface area contributed by atoms with Gasteiger partial charge < -0.3 is 0 Å². The molecule has 0 nitrogen and oxygen atoms in total. The molecule has 1 aliphatic carbocycles. The molecule has 0 bridgehead atoms. The zero-order valence-corrected chi connectivity index (χ0v) is 10.8. The second kappa shape index (κ2) is 4.98. The quantitative estimate of drug-likeness (QED) is 0.667. The molecule has 0 radical (unpaired) electrons. The molecule has 0 saturated heterocycles. The zero-order valence-electron chi connectivity index (χ0n) is 9.17. The van der Waals surface area contributed by atoms with Crippen molar-refractivity contribution in [3.8, 4) is 0 Å². The van der Waals surface area contributed by atoms with Crippen LogP contribution in [0.1, 0.15) is 38.2 Å². The maximum absolute atomic E-state index is 3.59. The Hall–Kier alpha value is -0.560.